The molecule has 29 heavy (non-hydrogen) atoms. The molecule has 0 saturated carbocycles. The van der Waals surface area contributed by atoms with Crippen LogP contribution in [0, 0.1) is 0 Å². The minimum absolute atomic E-state index is 0.0814. The summed E-state index contributed by atoms with van der Waals surface area (Å²) in [5.74, 6) is 0.239. The topological polar surface area (TPSA) is 77.1 Å². The molecule has 0 radical (unpaired) electrons. The Morgan fingerprint density at radius 3 is 2.62 bits per heavy atom. The van der Waals surface area contributed by atoms with Gasteiger partial charge in [0.05, 0.1) is 18.7 Å². The van der Waals surface area contributed by atoms with Gasteiger partial charge in [0.2, 0.25) is 0 Å². The molecule has 1 aromatic rings. The first-order valence-corrected chi connectivity index (χ1v) is 10.4. The summed E-state index contributed by atoms with van der Waals surface area (Å²) in [6.45, 7) is 4.86. The second-order valence-electron chi connectivity index (χ2n) is 7.21. The first-order valence-electron chi connectivity index (χ1n) is 9.98. The van der Waals surface area contributed by atoms with E-state index in [2.05, 4.69) is 17.1 Å². The lowest BCUT2D eigenvalue weighted by Gasteiger charge is -2.36. The van der Waals surface area contributed by atoms with Crippen molar-refractivity contribution in [2.24, 2.45) is 0 Å². The summed E-state index contributed by atoms with van der Waals surface area (Å²) >= 11 is 6.33. The molecule has 2 rings (SSSR count). The molecule has 8 heteroatoms. The highest BCUT2D eigenvalue weighted by Gasteiger charge is 2.25. The van der Waals surface area contributed by atoms with Gasteiger partial charge in [0.25, 0.3) is 5.91 Å². The first kappa shape index (κ1) is 23.4. The number of esters is 1. The summed E-state index contributed by atoms with van der Waals surface area (Å²) in [6, 6.07) is 5.42. The SMILES string of the molecule is COCCNC(=O)c1ccc(OC2CCN(C(C)CCC(=O)OC)CC2)c(Cl)c1. The summed E-state index contributed by atoms with van der Waals surface area (Å²) in [6.07, 6.45) is 3.08. The minimum Gasteiger partial charge on any atom is -0.489 e. The molecular formula is C21H31ClN2O5. The Hall–Kier alpha value is -1.83. The van der Waals surface area contributed by atoms with E-state index in [1.54, 1.807) is 25.3 Å². The molecule has 1 atom stereocenters. The summed E-state index contributed by atoms with van der Waals surface area (Å²) in [4.78, 5) is 25.8. The number of carbonyl (C=O) groups is 2. The van der Waals surface area contributed by atoms with Gasteiger partial charge in [0.15, 0.2) is 0 Å². The van der Waals surface area contributed by atoms with Crippen molar-refractivity contribution >= 4 is 23.5 Å². The molecule has 0 aliphatic carbocycles. The Labute approximate surface area is 177 Å². The van der Waals surface area contributed by atoms with Crippen LogP contribution in [-0.4, -0.2) is 69.4 Å². The largest absolute Gasteiger partial charge is 0.489 e. The normalized spacial score (nSPS) is 16.3. The zero-order valence-corrected chi connectivity index (χ0v) is 18.2. The van der Waals surface area contributed by atoms with Gasteiger partial charge in [-0.2, -0.15) is 0 Å². The zero-order chi connectivity index (χ0) is 21.2. The number of likely N-dealkylation sites (tertiary alicyclic amines) is 1. The molecule has 1 aromatic carbocycles. The van der Waals surface area contributed by atoms with Gasteiger partial charge in [0.1, 0.15) is 11.9 Å². The van der Waals surface area contributed by atoms with E-state index >= 15 is 0 Å². The average Bonchev–Trinajstić information content (AvgIpc) is 2.73. The maximum Gasteiger partial charge on any atom is 0.305 e. The predicted molar refractivity (Wildman–Crippen MR) is 112 cm³/mol. The third-order valence-corrected chi connectivity index (χ3v) is 5.47. The maximum absolute atomic E-state index is 12.1. The highest BCUT2D eigenvalue weighted by molar-refractivity contribution is 6.32. The molecule has 1 aliphatic rings. The molecule has 1 N–H and O–H groups in total. The summed E-state index contributed by atoms with van der Waals surface area (Å²) < 4.78 is 15.7. The number of nitrogens with zero attached hydrogens (tertiary/aromatic N) is 1. The molecule has 0 bridgehead atoms. The van der Waals surface area contributed by atoms with Crippen molar-refractivity contribution < 1.29 is 23.8 Å². The van der Waals surface area contributed by atoms with Gasteiger partial charge in [-0.1, -0.05) is 11.6 Å². The van der Waals surface area contributed by atoms with Crippen LogP contribution in [0.2, 0.25) is 5.02 Å². The maximum atomic E-state index is 12.1. The number of amides is 1. The molecule has 1 heterocycles. The van der Waals surface area contributed by atoms with Gasteiger partial charge in [-0.05, 0) is 44.4 Å². The van der Waals surface area contributed by atoms with Crippen molar-refractivity contribution in [2.75, 3.05) is 40.5 Å². The molecule has 1 amide bonds. The highest BCUT2D eigenvalue weighted by atomic mass is 35.5. The monoisotopic (exact) mass is 426 g/mol. The number of hydrogen-bond donors (Lipinski definition) is 1. The van der Waals surface area contributed by atoms with Crippen molar-refractivity contribution in [1.82, 2.24) is 10.2 Å². The lowest BCUT2D eigenvalue weighted by Crippen LogP contribution is -2.43. The molecule has 1 unspecified atom stereocenters. The molecule has 0 aromatic heterocycles. The van der Waals surface area contributed by atoms with Gasteiger partial charge in [-0.3, -0.25) is 9.59 Å². The van der Waals surface area contributed by atoms with Crippen LogP contribution in [-0.2, 0) is 14.3 Å². The van der Waals surface area contributed by atoms with Gasteiger partial charge in [-0.15, -0.1) is 0 Å². The van der Waals surface area contributed by atoms with E-state index in [-0.39, 0.29) is 18.0 Å². The average molecular weight is 427 g/mol. The first-order chi connectivity index (χ1) is 13.9. The highest BCUT2D eigenvalue weighted by Crippen LogP contribution is 2.29. The fraction of sp³-hybridized carbons (Fsp3) is 0.619. The van der Waals surface area contributed by atoms with Crippen molar-refractivity contribution in [3.63, 3.8) is 0 Å². The molecule has 1 fully saturated rings. The van der Waals surface area contributed by atoms with E-state index in [4.69, 9.17) is 25.8 Å². The fourth-order valence-electron chi connectivity index (χ4n) is 3.33. The minimum atomic E-state index is -0.190. The Kier molecular flexibility index (Phi) is 9.70. The molecule has 7 nitrogen and oxygen atoms in total. The van der Waals surface area contributed by atoms with Gasteiger partial charge in [0, 0.05) is 44.8 Å². The van der Waals surface area contributed by atoms with Crippen molar-refractivity contribution in [2.45, 2.75) is 44.8 Å². The molecular weight excluding hydrogens is 396 g/mol. The Morgan fingerprint density at radius 2 is 2.00 bits per heavy atom. The number of piperidine rings is 1. The Bertz CT molecular complexity index is 677. The van der Waals surface area contributed by atoms with Crippen molar-refractivity contribution in [3.05, 3.63) is 28.8 Å². The van der Waals surface area contributed by atoms with Crippen LogP contribution < -0.4 is 10.1 Å². The predicted octanol–water partition coefficient (Wildman–Crippen LogP) is 2.90. The molecule has 0 spiro atoms. The van der Waals surface area contributed by atoms with Crippen molar-refractivity contribution in [1.29, 1.82) is 0 Å². The van der Waals surface area contributed by atoms with E-state index in [0.717, 1.165) is 32.4 Å². The number of benzene rings is 1. The standard InChI is InChI=1S/C21H31ClN2O5/c1-15(4-7-20(25)28-3)24-11-8-17(9-12-24)29-19-6-5-16(14-18(19)22)21(26)23-10-13-27-2/h5-6,14-15,17H,4,7-13H2,1-3H3,(H,23,26). The quantitative estimate of drug-likeness (QED) is 0.458. The Morgan fingerprint density at radius 1 is 1.28 bits per heavy atom. The molecule has 1 saturated heterocycles. The summed E-state index contributed by atoms with van der Waals surface area (Å²) in [7, 11) is 3.00. The number of nitrogens with one attached hydrogen (secondary N) is 1. The number of methoxy groups -OCH3 is 2. The number of carbonyl (C=O) groups excluding carboxylic acids is 2. The van der Waals surface area contributed by atoms with E-state index in [0.29, 0.717) is 41.9 Å². The van der Waals surface area contributed by atoms with Gasteiger partial charge >= 0.3 is 5.97 Å². The number of hydrogen-bond acceptors (Lipinski definition) is 6. The number of rotatable bonds is 10. The van der Waals surface area contributed by atoms with Crippen LogP contribution in [0.4, 0.5) is 0 Å². The van der Waals surface area contributed by atoms with Crippen LogP contribution in [0.1, 0.15) is 43.0 Å². The van der Waals surface area contributed by atoms with Gasteiger partial charge < -0.3 is 24.4 Å². The van der Waals surface area contributed by atoms with E-state index < -0.39 is 0 Å². The number of halogens is 1. The third kappa shape index (κ3) is 7.49. The van der Waals surface area contributed by atoms with Crippen molar-refractivity contribution in [3.8, 4) is 5.75 Å². The van der Waals surface area contributed by atoms with E-state index in [9.17, 15) is 9.59 Å². The lowest BCUT2D eigenvalue weighted by atomic mass is 10.0. The van der Waals surface area contributed by atoms with E-state index in [1.807, 2.05) is 0 Å². The van der Waals surface area contributed by atoms with Crippen LogP contribution in [0.3, 0.4) is 0 Å². The van der Waals surface area contributed by atoms with Gasteiger partial charge in [-0.25, -0.2) is 0 Å². The summed E-state index contributed by atoms with van der Waals surface area (Å²) in [5.41, 5.74) is 0.493. The second-order valence-corrected chi connectivity index (χ2v) is 7.62. The molecule has 1 aliphatic heterocycles. The van der Waals surface area contributed by atoms with Crippen LogP contribution in [0.5, 0.6) is 5.75 Å². The van der Waals surface area contributed by atoms with Crippen LogP contribution >= 0.6 is 11.6 Å². The lowest BCUT2D eigenvalue weighted by molar-refractivity contribution is -0.141. The van der Waals surface area contributed by atoms with Crippen LogP contribution in [0.25, 0.3) is 0 Å². The summed E-state index contributed by atoms with van der Waals surface area (Å²) in [5, 5.41) is 3.20. The Balaban J connectivity index is 1.81. The van der Waals surface area contributed by atoms with E-state index in [1.165, 1.54) is 7.11 Å². The number of ether oxygens (including phenoxy) is 3. The van der Waals surface area contributed by atoms with Crippen LogP contribution in [0.15, 0.2) is 18.2 Å². The zero-order valence-electron chi connectivity index (χ0n) is 17.4. The molecule has 162 valence electrons. The second kappa shape index (κ2) is 12.0. The fourth-order valence-corrected chi connectivity index (χ4v) is 3.56. The third-order valence-electron chi connectivity index (χ3n) is 5.17. The smallest absolute Gasteiger partial charge is 0.305 e.